The van der Waals surface area contributed by atoms with Crippen LogP contribution in [0.15, 0.2) is 0 Å². The van der Waals surface area contributed by atoms with Gasteiger partial charge in [-0.15, -0.1) is 0 Å². The summed E-state index contributed by atoms with van der Waals surface area (Å²) in [6.45, 7) is 0.511. The fourth-order valence-corrected chi connectivity index (χ4v) is 3.71. The molecule has 0 radical (unpaired) electrons. The number of fused-ring (bicyclic) bond motifs is 1. The molecule has 0 aromatic carbocycles. The third-order valence-electron chi connectivity index (χ3n) is 4.51. The number of carbonyl (C=O) groups is 3. The highest BCUT2D eigenvalue weighted by Crippen LogP contribution is 2.23. The SMILES string of the molecule is CSCC[C@@H]1NC(O)[C@H]2CCCN2C(=O)[C@H](CCC(=O)O)NC1=O. The van der Waals surface area contributed by atoms with Crippen molar-refractivity contribution in [2.75, 3.05) is 18.6 Å². The van der Waals surface area contributed by atoms with E-state index in [9.17, 15) is 19.5 Å². The first-order chi connectivity index (χ1) is 11.4. The minimum Gasteiger partial charge on any atom is -0.481 e. The van der Waals surface area contributed by atoms with Crippen molar-refractivity contribution >= 4 is 29.5 Å². The van der Waals surface area contributed by atoms with Crippen molar-refractivity contribution < 1.29 is 24.6 Å². The van der Waals surface area contributed by atoms with E-state index in [0.717, 1.165) is 12.2 Å². The maximum atomic E-state index is 12.7. The van der Waals surface area contributed by atoms with Gasteiger partial charge in [-0.05, 0) is 37.7 Å². The van der Waals surface area contributed by atoms with E-state index in [-0.39, 0.29) is 30.7 Å². The van der Waals surface area contributed by atoms with Crippen LogP contribution in [0, 0.1) is 0 Å². The molecule has 2 heterocycles. The number of aliphatic hydroxyl groups excluding tert-OH is 1. The van der Waals surface area contributed by atoms with Gasteiger partial charge in [0.25, 0.3) is 0 Å². The predicted octanol–water partition coefficient (Wildman–Crippen LogP) is -0.630. The molecule has 0 aromatic heterocycles. The number of aliphatic hydroxyl groups is 1. The van der Waals surface area contributed by atoms with E-state index in [2.05, 4.69) is 10.6 Å². The molecular weight excluding hydrogens is 334 g/mol. The Balaban J connectivity index is 2.21. The van der Waals surface area contributed by atoms with Gasteiger partial charge in [-0.2, -0.15) is 11.8 Å². The van der Waals surface area contributed by atoms with Gasteiger partial charge in [-0.3, -0.25) is 19.7 Å². The zero-order valence-corrected chi connectivity index (χ0v) is 14.6. The molecule has 1 unspecified atom stereocenters. The summed E-state index contributed by atoms with van der Waals surface area (Å²) < 4.78 is 0. The molecule has 0 aliphatic carbocycles. The van der Waals surface area contributed by atoms with Crippen LogP contribution in [0.3, 0.4) is 0 Å². The Kier molecular flexibility index (Phi) is 6.88. The summed E-state index contributed by atoms with van der Waals surface area (Å²) in [5, 5.41) is 24.9. The van der Waals surface area contributed by atoms with Gasteiger partial charge in [0.15, 0.2) is 0 Å². The maximum Gasteiger partial charge on any atom is 0.303 e. The Morgan fingerprint density at radius 3 is 2.75 bits per heavy atom. The van der Waals surface area contributed by atoms with Crippen LogP contribution in [-0.2, 0) is 14.4 Å². The van der Waals surface area contributed by atoms with Gasteiger partial charge in [0.1, 0.15) is 12.3 Å². The molecule has 24 heavy (non-hydrogen) atoms. The summed E-state index contributed by atoms with van der Waals surface area (Å²) >= 11 is 1.59. The smallest absolute Gasteiger partial charge is 0.303 e. The zero-order valence-electron chi connectivity index (χ0n) is 13.7. The highest BCUT2D eigenvalue weighted by Gasteiger charge is 2.40. The van der Waals surface area contributed by atoms with E-state index in [4.69, 9.17) is 5.11 Å². The standard InChI is InChI=1S/C15H25N3O5S/c1-24-8-6-9-13(21)17-10(4-5-12(19)20)15(23)18-7-2-3-11(18)14(22)16-9/h9-11,14,16,22H,2-8H2,1H3,(H,17,21)(H,19,20)/t9-,10-,11+,14?/m0/s1. The summed E-state index contributed by atoms with van der Waals surface area (Å²) in [5.41, 5.74) is 0. The summed E-state index contributed by atoms with van der Waals surface area (Å²) in [5.74, 6) is -0.946. The molecule has 0 aromatic rings. The first-order valence-electron chi connectivity index (χ1n) is 8.19. The van der Waals surface area contributed by atoms with Crippen molar-refractivity contribution in [3.05, 3.63) is 0 Å². The molecule has 2 aliphatic heterocycles. The fraction of sp³-hybridized carbons (Fsp3) is 0.800. The summed E-state index contributed by atoms with van der Waals surface area (Å²) in [6.07, 6.45) is 2.79. The van der Waals surface area contributed by atoms with E-state index in [1.165, 1.54) is 0 Å². The van der Waals surface area contributed by atoms with Crippen LogP contribution in [0.1, 0.15) is 32.1 Å². The number of thioether (sulfide) groups is 1. The van der Waals surface area contributed by atoms with Gasteiger partial charge < -0.3 is 20.4 Å². The minimum atomic E-state index is -1.01. The number of rotatable bonds is 6. The zero-order chi connectivity index (χ0) is 17.7. The molecule has 4 N–H and O–H groups in total. The second-order valence-corrected chi connectivity index (χ2v) is 7.17. The van der Waals surface area contributed by atoms with Gasteiger partial charge in [-0.25, -0.2) is 0 Å². The molecule has 8 nitrogen and oxygen atoms in total. The molecule has 2 saturated heterocycles. The van der Waals surface area contributed by atoms with Crippen LogP contribution in [0.4, 0.5) is 0 Å². The number of carboxylic acid groups (broad SMARTS) is 1. The second kappa shape index (κ2) is 8.68. The van der Waals surface area contributed by atoms with Crippen LogP contribution in [0.5, 0.6) is 0 Å². The lowest BCUT2D eigenvalue weighted by Gasteiger charge is -2.30. The molecule has 0 spiro atoms. The lowest BCUT2D eigenvalue weighted by atomic mass is 10.1. The Morgan fingerprint density at radius 1 is 1.33 bits per heavy atom. The van der Waals surface area contributed by atoms with E-state index in [1.54, 1.807) is 16.7 Å². The lowest BCUT2D eigenvalue weighted by Crippen LogP contribution is -2.53. The summed E-state index contributed by atoms with van der Waals surface area (Å²) in [6, 6.07) is -1.85. The van der Waals surface area contributed by atoms with Gasteiger partial charge in [0.05, 0.1) is 12.1 Å². The summed E-state index contributed by atoms with van der Waals surface area (Å²) in [4.78, 5) is 37.6. The molecule has 9 heteroatoms. The van der Waals surface area contributed by atoms with Gasteiger partial charge in [0.2, 0.25) is 11.8 Å². The van der Waals surface area contributed by atoms with Crippen LogP contribution in [-0.4, -0.2) is 75.8 Å². The number of carboxylic acids is 1. The van der Waals surface area contributed by atoms with Crippen molar-refractivity contribution in [1.82, 2.24) is 15.5 Å². The third kappa shape index (κ3) is 4.61. The van der Waals surface area contributed by atoms with E-state index in [0.29, 0.717) is 19.4 Å². The molecule has 2 fully saturated rings. The van der Waals surface area contributed by atoms with Crippen molar-refractivity contribution in [2.45, 2.75) is 56.5 Å². The van der Waals surface area contributed by atoms with Crippen LogP contribution >= 0.6 is 11.8 Å². The number of hydrogen-bond acceptors (Lipinski definition) is 6. The minimum absolute atomic E-state index is 0.0501. The lowest BCUT2D eigenvalue weighted by molar-refractivity contribution is -0.140. The topological polar surface area (TPSA) is 119 Å². The maximum absolute atomic E-state index is 12.7. The molecule has 136 valence electrons. The first kappa shape index (κ1) is 19.0. The van der Waals surface area contributed by atoms with E-state index < -0.39 is 24.3 Å². The number of nitrogens with zero attached hydrogens (tertiary/aromatic N) is 1. The number of nitrogens with one attached hydrogen (secondary N) is 2. The molecule has 2 amide bonds. The Labute approximate surface area is 145 Å². The summed E-state index contributed by atoms with van der Waals surface area (Å²) in [7, 11) is 0. The predicted molar refractivity (Wildman–Crippen MR) is 89.5 cm³/mol. The molecular formula is C15H25N3O5S. The van der Waals surface area contributed by atoms with Crippen molar-refractivity contribution in [3.63, 3.8) is 0 Å². The molecule has 4 atom stereocenters. The fourth-order valence-electron chi connectivity index (χ4n) is 3.24. The normalized spacial score (nSPS) is 31.0. The van der Waals surface area contributed by atoms with Crippen molar-refractivity contribution in [2.24, 2.45) is 0 Å². The van der Waals surface area contributed by atoms with Crippen LogP contribution in [0.25, 0.3) is 0 Å². The highest BCUT2D eigenvalue weighted by molar-refractivity contribution is 7.98. The average Bonchev–Trinajstić information content (AvgIpc) is 3.03. The molecule has 0 bridgehead atoms. The van der Waals surface area contributed by atoms with E-state index in [1.807, 2.05) is 6.26 Å². The van der Waals surface area contributed by atoms with Gasteiger partial charge in [0, 0.05) is 13.0 Å². The van der Waals surface area contributed by atoms with Crippen LogP contribution in [0.2, 0.25) is 0 Å². The largest absolute Gasteiger partial charge is 0.481 e. The molecule has 0 saturated carbocycles. The van der Waals surface area contributed by atoms with Gasteiger partial charge in [-0.1, -0.05) is 0 Å². The number of amides is 2. The first-order valence-corrected chi connectivity index (χ1v) is 9.59. The van der Waals surface area contributed by atoms with E-state index >= 15 is 0 Å². The quantitative estimate of drug-likeness (QED) is 0.498. The monoisotopic (exact) mass is 359 g/mol. The van der Waals surface area contributed by atoms with Crippen molar-refractivity contribution in [3.8, 4) is 0 Å². The second-order valence-electron chi connectivity index (χ2n) is 6.18. The Morgan fingerprint density at radius 2 is 2.08 bits per heavy atom. The van der Waals surface area contributed by atoms with Crippen molar-refractivity contribution in [1.29, 1.82) is 0 Å². The number of carbonyl (C=O) groups excluding carboxylic acids is 2. The Hall–Kier alpha value is -1.32. The average molecular weight is 359 g/mol. The number of aliphatic carboxylic acids is 1. The third-order valence-corrected chi connectivity index (χ3v) is 5.15. The number of hydrogen-bond donors (Lipinski definition) is 4. The molecule has 2 aliphatic rings. The van der Waals surface area contributed by atoms with Crippen LogP contribution < -0.4 is 10.6 Å². The Bertz CT molecular complexity index is 490. The molecule has 2 rings (SSSR count). The van der Waals surface area contributed by atoms with Gasteiger partial charge >= 0.3 is 5.97 Å². The highest BCUT2D eigenvalue weighted by atomic mass is 32.2.